The van der Waals surface area contributed by atoms with Crippen molar-refractivity contribution in [3.05, 3.63) is 184 Å². The number of carbonyl (C=O) groups excluding carboxylic acids is 4. The number of hydrogen-bond donors (Lipinski definition) is 4. The monoisotopic (exact) mass is 1160 g/mol. The molecule has 2 fully saturated rings. The maximum Gasteiger partial charge on any atom is 0.257 e. The molecule has 6 aromatic rings. The number of amides is 4. The molecule has 8 nitrogen and oxygen atoms in total. The summed E-state index contributed by atoms with van der Waals surface area (Å²) in [7, 11) is 0. The Kier molecular flexibility index (Phi) is 16.1. The minimum absolute atomic E-state index is 0.0645. The molecular formula is C46H24Cl10F6N4O4. The van der Waals surface area contributed by atoms with Crippen molar-refractivity contribution < 1.29 is 45.5 Å². The van der Waals surface area contributed by atoms with Gasteiger partial charge in [0.05, 0.1) is 33.0 Å². The third kappa shape index (κ3) is 11.8. The van der Waals surface area contributed by atoms with E-state index < -0.39 is 102 Å². The zero-order valence-electron chi connectivity index (χ0n) is 34.2. The van der Waals surface area contributed by atoms with Gasteiger partial charge in [-0.25, -0.2) is 26.3 Å². The number of benzene rings is 6. The van der Waals surface area contributed by atoms with Crippen LogP contribution in [0.2, 0.25) is 30.1 Å². The van der Waals surface area contributed by atoms with Gasteiger partial charge < -0.3 is 21.3 Å². The Bertz CT molecular complexity index is 2860. The molecule has 0 radical (unpaired) electrons. The molecule has 24 heteroatoms. The fourth-order valence-corrected chi connectivity index (χ4v) is 10.5. The number of alkyl halides is 4. The normalized spacial score (nSPS) is 18.2. The largest absolute Gasteiger partial charge is 0.326 e. The molecule has 364 valence electrons. The van der Waals surface area contributed by atoms with E-state index in [0.717, 1.165) is 0 Å². The van der Waals surface area contributed by atoms with Crippen molar-refractivity contribution in [2.45, 2.75) is 20.5 Å². The van der Waals surface area contributed by atoms with Gasteiger partial charge in [-0.15, -0.1) is 46.4 Å². The van der Waals surface area contributed by atoms with Gasteiger partial charge in [0.25, 0.3) is 11.8 Å². The lowest BCUT2D eigenvalue weighted by atomic mass is 10.1. The number of carbonyl (C=O) groups is 4. The predicted octanol–water partition coefficient (Wildman–Crippen LogP) is 15.7. The molecule has 6 aromatic carbocycles. The molecule has 4 atom stereocenters. The van der Waals surface area contributed by atoms with Crippen LogP contribution in [0.1, 0.15) is 43.7 Å². The van der Waals surface area contributed by atoms with Crippen LogP contribution >= 0.6 is 116 Å². The average Bonchev–Trinajstić information content (AvgIpc) is 4.06. The highest BCUT2D eigenvalue weighted by atomic mass is 35.5. The molecule has 0 spiro atoms. The van der Waals surface area contributed by atoms with Gasteiger partial charge in [0.15, 0.2) is 23.3 Å². The van der Waals surface area contributed by atoms with Crippen LogP contribution < -0.4 is 21.3 Å². The Hall–Kier alpha value is -4.32. The fourth-order valence-electron chi connectivity index (χ4n) is 7.32. The quantitative estimate of drug-likeness (QED) is 0.0807. The van der Waals surface area contributed by atoms with Crippen LogP contribution in [0.4, 0.5) is 49.1 Å². The molecule has 0 heterocycles. The number of halogens is 16. The molecule has 2 aliphatic rings. The molecular weight excluding hydrogens is 1140 g/mol. The van der Waals surface area contributed by atoms with Crippen LogP contribution in [0.5, 0.6) is 0 Å². The summed E-state index contributed by atoms with van der Waals surface area (Å²) in [4.78, 5) is 51.0. The Morgan fingerprint density at radius 2 is 0.714 bits per heavy atom. The second-order valence-electron chi connectivity index (χ2n) is 15.4. The Balaban J connectivity index is 0.000000206. The number of anilines is 4. The van der Waals surface area contributed by atoms with E-state index in [1.807, 2.05) is 10.6 Å². The summed E-state index contributed by atoms with van der Waals surface area (Å²) in [5, 5.41) is 10.5. The van der Waals surface area contributed by atoms with E-state index >= 15 is 0 Å². The first-order valence-corrected chi connectivity index (χ1v) is 23.3. The van der Waals surface area contributed by atoms with Gasteiger partial charge >= 0.3 is 0 Å². The maximum atomic E-state index is 13.9. The third-order valence-electron chi connectivity index (χ3n) is 10.6. The molecule has 2 saturated carbocycles. The van der Waals surface area contributed by atoms with Crippen LogP contribution in [-0.2, 0) is 9.59 Å². The zero-order chi connectivity index (χ0) is 51.3. The summed E-state index contributed by atoms with van der Waals surface area (Å²) in [5.74, 6) is -13.5. The average molecular weight is 1170 g/mol. The Labute approximate surface area is 442 Å². The molecule has 2 aliphatic carbocycles. The lowest BCUT2D eigenvalue weighted by Crippen LogP contribution is -2.19. The van der Waals surface area contributed by atoms with E-state index in [-0.39, 0.29) is 32.5 Å². The van der Waals surface area contributed by atoms with Crippen LogP contribution in [0.25, 0.3) is 0 Å². The van der Waals surface area contributed by atoms with Gasteiger partial charge in [0.2, 0.25) is 11.8 Å². The fraction of sp³-hybridized carbons (Fsp3) is 0.130. The zero-order valence-corrected chi connectivity index (χ0v) is 41.8. The second kappa shape index (κ2) is 21.0. The van der Waals surface area contributed by atoms with Crippen LogP contribution in [0, 0.1) is 46.7 Å². The first-order chi connectivity index (χ1) is 32.8. The summed E-state index contributed by atoms with van der Waals surface area (Å²) in [6.45, 7) is 0. The first-order valence-electron chi connectivity index (χ1n) is 19.6. The molecule has 0 aromatic heterocycles. The summed E-state index contributed by atoms with van der Waals surface area (Å²) in [5.41, 5.74) is -0.672. The van der Waals surface area contributed by atoms with E-state index in [9.17, 15) is 45.5 Å². The lowest BCUT2D eigenvalue weighted by Gasteiger charge is -2.11. The molecule has 0 bridgehead atoms. The molecule has 70 heavy (non-hydrogen) atoms. The van der Waals surface area contributed by atoms with Gasteiger partial charge in [-0.3, -0.25) is 19.2 Å². The lowest BCUT2D eigenvalue weighted by molar-refractivity contribution is -0.118. The van der Waals surface area contributed by atoms with E-state index in [1.165, 1.54) is 48.5 Å². The van der Waals surface area contributed by atoms with Gasteiger partial charge in [-0.1, -0.05) is 69.6 Å². The molecule has 0 aliphatic heterocycles. The molecule has 0 saturated heterocycles. The highest BCUT2D eigenvalue weighted by Crippen LogP contribution is 2.66. The standard InChI is InChI=1S/2C23H12Cl5F3N2O2/c2*24-10-3-9(4-11(25)5-10)18-19(23(18,27)28)22(35)32-13-1-2-15(26)14(8-13)21(34)33-20-16(30)6-12(29)7-17(20)31/h2*1-8,18-19H,(H,32,35)(H,33,34)/t2*18-,19+/m10/s1. The number of rotatable bonds is 10. The summed E-state index contributed by atoms with van der Waals surface area (Å²) >= 11 is 61.6. The van der Waals surface area contributed by atoms with Crippen molar-refractivity contribution in [1.29, 1.82) is 0 Å². The van der Waals surface area contributed by atoms with Crippen molar-refractivity contribution in [3.8, 4) is 0 Å². The smallest absolute Gasteiger partial charge is 0.257 e. The van der Waals surface area contributed by atoms with Crippen LogP contribution in [-0.4, -0.2) is 32.3 Å². The van der Waals surface area contributed by atoms with Gasteiger partial charge in [-0.05, 0) is 83.9 Å². The van der Waals surface area contributed by atoms with Crippen LogP contribution in [0.15, 0.2) is 97.1 Å². The molecule has 4 N–H and O–H groups in total. The van der Waals surface area contributed by atoms with E-state index in [0.29, 0.717) is 55.5 Å². The van der Waals surface area contributed by atoms with Crippen LogP contribution in [0.3, 0.4) is 0 Å². The van der Waals surface area contributed by atoms with Gasteiger partial charge in [-0.2, -0.15) is 0 Å². The van der Waals surface area contributed by atoms with Crippen molar-refractivity contribution in [1.82, 2.24) is 0 Å². The number of hydrogen-bond acceptors (Lipinski definition) is 4. The predicted molar refractivity (Wildman–Crippen MR) is 263 cm³/mol. The van der Waals surface area contributed by atoms with E-state index in [2.05, 4.69) is 10.6 Å². The van der Waals surface area contributed by atoms with Crippen molar-refractivity contribution in [2.75, 3.05) is 21.3 Å². The SMILES string of the molecule is O=C(Nc1c(F)cc(F)cc1F)c1cc(NC(=O)[C@@H]2[C@@H](c3cc(Cl)cc(Cl)c3)C2(Cl)Cl)ccc1Cl.O=C(Nc1c(F)cc(F)cc1F)c1cc(NC(=O)[C@H]2[C@H](c3cc(Cl)cc(Cl)c3)C2(Cl)Cl)ccc1Cl. The highest BCUT2D eigenvalue weighted by molar-refractivity contribution is 6.54. The second-order valence-corrected chi connectivity index (χ2v) is 20.9. The summed E-state index contributed by atoms with van der Waals surface area (Å²) < 4.78 is 79.0. The molecule has 0 unspecified atom stereocenters. The molecule has 4 amide bonds. The summed E-state index contributed by atoms with van der Waals surface area (Å²) in [6.07, 6.45) is 0. The first kappa shape index (κ1) is 53.5. The summed E-state index contributed by atoms with van der Waals surface area (Å²) in [6, 6.07) is 19.0. The minimum atomic E-state index is -1.43. The number of nitrogens with one attached hydrogen (secondary N) is 4. The third-order valence-corrected chi connectivity index (χ3v) is 14.0. The Morgan fingerprint density at radius 1 is 0.414 bits per heavy atom. The van der Waals surface area contributed by atoms with Crippen molar-refractivity contribution in [3.63, 3.8) is 0 Å². The van der Waals surface area contributed by atoms with Crippen molar-refractivity contribution >= 4 is 162 Å². The van der Waals surface area contributed by atoms with E-state index in [1.54, 1.807) is 24.3 Å². The van der Waals surface area contributed by atoms with Gasteiger partial charge in [0.1, 0.15) is 31.7 Å². The van der Waals surface area contributed by atoms with Gasteiger partial charge in [0, 0.05) is 67.6 Å². The van der Waals surface area contributed by atoms with E-state index in [4.69, 9.17) is 116 Å². The van der Waals surface area contributed by atoms with Crippen molar-refractivity contribution in [2.24, 2.45) is 11.8 Å². The highest BCUT2D eigenvalue weighted by Gasteiger charge is 2.68. The Morgan fingerprint density at radius 3 is 1.01 bits per heavy atom. The molecule has 8 rings (SSSR count). The maximum absolute atomic E-state index is 13.9. The topological polar surface area (TPSA) is 116 Å². The minimum Gasteiger partial charge on any atom is -0.326 e.